The Bertz CT molecular complexity index is 553. The molecule has 0 atom stereocenters. The molecule has 0 bridgehead atoms. The van der Waals surface area contributed by atoms with Gasteiger partial charge in [-0.25, -0.2) is 0 Å². The van der Waals surface area contributed by atoms with E-state index in [-0.39, 0.29) is 0 Å². The molecule has 0 aliphatic carbocycles. The molecule has 0 N–H and O–H groups in total. The molecule has 2 aromatic rings. The van der Waals surface area contributed by atoms with Crippen LogP contribution in [0.15, 0.2) is 42.5 Å². The lowest BCUT2D eigenvalue weighted by Crippen LogP contribution is -1.94. The second-order valence-electron chi connectivity index (χ2n) is 4.32. The van der Waals surface area contributed by atoms with Crippen molar-refractivity contribution in [2.75, 3.05) is 6.61 Å². The summed E-state index contributed by atoms with van der Waals surface area (Å²) in [6.45, 7) is 2.79. The Hall–Kier alpha value is -1.38. The third-order valence-electron chi connectivity index (χ3n) is 2.67. The fourth-order valence-corrected chi connectivity index (χ4v) is 2.07. The summed E-state index contributed by atoms with van der Waals surface area (Å²) in [6.07, 6.45) is 0.987. The van der Waals surface area contributed by atoms with Crippen molar-refractivity contribution in [2.24, 2.45) is 0 Å². The van der Waals surface area contributed by atoms with Crippen molar-refractivity contribution in [2.45, 2.75) is 19.2 Å². The van der Waals surface area contributed by atoms with Gasteiger partial charge in [0, 0.05) is 5.88 Å². The first-order chi connectivity index (χ1) is 9.72. The largest absolute Gasteiger partial charge is 0.494 e. The minimum atomic E-state index is 0.434. The maximum Gasteiger partial charge on any atom is 0.146 e. The highest BCUT2D eigenvalue weighted by molar-refractivity contribution is 6.32. The molecule has 0 saturated carbocycles. The van der Waals surface area contributed by atoms with Crippen molar-refractivity contribution in [3.63, 3.8) is 0 Å². The summed E-state index contributed by atoms with van der Waals surface area (Å²) < 4.78 is 11.3. The summed E-state index contributed by atoms with van der Waals surface area (Å²) in [7, 11) is 0. The van der Waals surface area contributed by atoms with Crippen LogP contribution >= 0.6 is 23.2 Å². The standard InChI is InChI=1S/C16H16Cl2O2/c1-2-9-19-13-4-6-14(7-5-13)20-16-8-3-12(11-17)10-15(16)18/h3-8,10H,2,9,11H2,1H3. The Morgan fingerprint density at radius 2 is 1.70 bits per heavy atom. The molecule has 4 heteroatoms. The molecular formula is C16H16Cl2O2. The van der Waals surface area contributed by atoms with E-state index >= 15 is 0 Å². The third kappa shape index (κ3) is 4.06. The summed E-state index contributed by atoms with van der Waals surface area (Å²) >= 11 is 11.9. The van der Waals surface area contributed by atoms with Gasteiger partial charge in [-0.2, -0.15) is 0 Å². The second-order valence-corrected chi connectivity index (χ2v) is 4.99. The van der Waals surface area contributed by atoms with Crippen LogP contribution in [-0.2, 0) is 5.88 Å². The number of rotatable bonds is 6. The molecule has 2 rings (SSSR count). The molecule has 0 spiro atoms. The molecule has 0 radical (unpaired) electrons. The fourth-order valence-electron chi connectivity index (χ4n) is 1.66. The van der Waals surface area contributed by atoms with Crippen molar-refractivity contribution >= 4 is 23.2 Å². The first-order valence-corrected chi connectivity index (χ1v) is 7.39. The predicted octanol–water partition coefficient (Wildman–Crippen LogP) is 5.66. The zero-order chi connectivity index (χ0) is 14.4. The summed E-state index contributed by atoms with van der Waals surface area (Å²) in [5, 5.41) is 0.550. The van der Waals surface area contributed by atoms with E-state index in [1.807, 2.05) is 42.5 Å². The molecule has 0 amide bonds. The third-order valence-corrected chi connectivity index (χ3v) is 3.28. The van der Waals surface area contributed by atoms with Crippen LogP contribution in [0.25, 0.3) is 0 Å². The van der Waals surface area contributed by atoms with E-state index in [0.29, 0.717) is 23.3 Å². The average molecular weight is 311 g/mol. The summed E-state index contributed by atoms with van der Waals surface area (Å²) in [4.78, 5) is 0. The van der Waals surface area contributed by atoms with Gasteiger partial charge >= 0.3 is 0 Å². The lowest BCUT2D eigenvalue weighted by Gasteiger charge is -2.09. The Balaban J connectivity index is 2.06. The minimum Gasteiger partial charge on any atom is -0.494 e. The second kappa shape index (κ2) is 7.41. The molecule has 0 fully saturated rings. The highest BCUT2D eigenvalue weighted by atomic mass is 35.5. The smallest absolute Gasteiger partial charge is 0.146 e. The van der Waals surface area contributed by atoms with Crippen molar-refractivity contribution in [1.29, 1.82) is 0 Å². The number of hydrogen-bond donors (Lipinski definition) is 0. The van der Waals surface area contributed by atoms with Crippen LogP contribution in [-0.4, -0.2) is 6.61 Å². The maximum atomic E-state index is 6.15. The van der Waals surface area contributed by atoms with Crippen LogP contribution < -0.4 is 9.47 Å². The molecule has 0 aromatic heterocycles. The molecule has 0 unspecified atom stereocenters. The number of hydrogen-bond acceptors (Lipinski definition) is 2. The molecule has 2 aromatic carbocycles. The van der Waals surface area contributed by atoms with E-state index in [9.17, 15) is 0 Å². The van der Waals surface area contributed by atoms with E-state index in [1.165, 1.54) is 0 Å². The molecule has 0 heterocycles. The highest BCUT2D eigenvalue weighted by Gasteiger charge is 2.04. The van der Waals surface area contributed by atoms with Gasteiger partial charge in [0.2, 0.25) is 0 Å². The SMILES string of the molecule is CCCOc1ccc(Oc2ccc(CCl)cc2Cl)cc1. The van der Waals surface area contributed by atoms with Gasteiger partial charge in [0.05, 0.1) is 11.6 Å². The molecule has 0 aliphatic heterocycles. The van der Waals surface area contributed by atoms with Gasteiger partial charge in [0.25, 0.3) is 0 Å². The van der Waals surface area contributed by atoms with Crippen LogP contribution in [0.4, 0.5) is 0 Å². The van der Waals surface area contributed by atoms with Crippen molar-refractivity contribution in [3.8, 4) is 17.2 Å². The summed E-state index contributed by atoms with van der Waals surface area (Å²) in [5.74, 6) is 2.60. The van der Waals surface area contributed by atoms with Gasteiger partial charge in [-0.15, -0.1) is 11.6 Å². The normalized spacial score (nSPS) is 10.3. The van der Waals surface area contributed by atoms with Gasteiger partial charge in [0.1, 0.15) is 17.2 Å². The van der Waals surface area contributed by atoms with E-state index in [1.54, 1.807) is 0 Å². The Kier molecular flexibility index (Phi) is 5.57. The van der Waals surface area contributed by atoms with Crippen LogP contribution in [0.5, 0.6) is 17.2 Å². The maximum absolute atomic E-state index is 6.15. The average Bonchev–Trinajstić information content (AvgIpc) is 2.48. The minimum absolute atomic E-state index is 0.434. The fraction of sp³-hybridized carbons (Fsp3) is 0.250. The lowest BCUT2D eigenvalue weighted by molar-refractivity contribution is 0.317. The quantitative estimate of drug-likeness (QED) is 0.641. The van der Waals surface area contributed by atoms with Crippen LogP contribution in [0.3, 0.4) is 0 Å². The molecule has 0 saturated heterocycles. The Labute approximate surface area is 129 Å². The molecular weight excluding hydrogens is 295 g/mol. The van der Waals surface area contributed by atoms with Gasteiger partial charge < -0.3 is 9.47 Å². The van der Waals surface area contributed by atoms with Crippen molar-refractivity contribution < 1.29 is 9.47 Å². The number of benzene rings is 2. The highest BCUT2D eigenvalue weighted by Crippen LogP contribution is 2.31. The van der Waals surface area contributed by atoms with Gasteiger partial charge in [-0.3, -0.25) is 0 Å². The Morgan fingerprint density at radius 3 is 2.30 bits per heavy atom. The predicted molar refractivity (Wildman–Crippen MR) is 83.3 cm³/mol. The zero-order valence-electron chi connectivity index (χ0n) is 11.2. The van der Waals surface area contributed by atoms with Crippen molar-refractivity contribution in [1.82, 2.24) is 0 Å². The van der Waals surface area contributed by atoms with Crippen molar-refractivity contribution in [3.05, 3.63) is 53.1 Å². The monoisotopic (exact) mass is 310 g/mol. The number of alkyl halides is 1. The first kappa shape index (κ1) is 15.0. The van der Waals surface area contributed by atoms with E-state index < -0.39 is 0 Å². The number of halogens is 2. The summed E-state index contributed by atoms with van der Waals surface area (Å²) in [5.41, 5.74) is 0.965. The van der Waals surface area contributed by atoms with Crippen LogP contribution in [0.1, 0.15) is 18.9 Å². The van der Waals surface area contributed by atoms with E-state index in [0.717, 1.165) is 23.5 Å². The number of ether oxygens (including phenoxy) is 2. The van der Waals surface area contributed by atoms with Gasteiger partial charge in [0.15, 0.2) is 0 Å². The van der Waals surface area contributed by atoms with Crippen LogP contribution in [0, 0.1) is 0 Å². The molecule has 0 aliphatic rings. The molecule has 20 heavy (non-hydrogen) atoms. The zero-order valence-corrected chi connectivity index (χ0v) is 12.7. The van der Waals surface area contributed by atoms with E-state index in [4.69, 9.17) is 32.7 Å². The van der Waals surface area contributed by atoms with E-state index in [2.05, 4.69) is 6.92 Å². The summed E-state index contributed by atoms with van der Waals surface area (Å²) in [6, 6.07) is 13.0. The topological polar surface area (TPSA) is 18.5 Å². The lowest BCUT2D eigenvalue weighted by atomic mass is 10.2. The molecule has 2 nitrogen and oxygen atoms in total. The first-order valence-electron chi connectivity index (χ1n) is 6.48. The molecule has 106 valence electrons. The van der Waals surface area contributed by atoms with Crippen LogP contribution in [0.2, 0.25) is 5.02 Å². The Morgan fingerprint density at radius 1 is 1.00 bits per heavy atom. The van der Waals surface area contributed by atoms with Gasteiger partial charge in [-0.1, -0.05) is 24.6 Å². The van der Waals surface area contributed by atoms with Gasteiger partial charge in [-0.05, 0) is 48.4 Å².